The standard InChI is InChI=1S/C17H18ClN/c18-13-7-2-1-3-9-15-10-4-5-11-16(15)17-12-6-8-14-19-17/h3-6,8-12,14H,1-2,7,13H2/b9-3+/i4D,5D,10D,11D. The zero-order valence-corrected chi connectivity index (χ0v) is 11.4. The molecule has 0 unspecified atom stereocenters. The Morgan fingerprint density at radius 1 is 1.21 bits per heavy atom. The summed E-state index contributed by atoms with van der Waals surface area (Å²) in [4.78, 5) is 4.24. The molecule has 0 atom stereocenters. The highest BCUT2D eigenvalue weighted by atomic mass is 35.5. The Bertz CT molecular complexity index is 702. The molecule has 0 aliphatic rings. The number of halogens is 1. The van der Waals surface area contributed by atoms with Gasteiger partial charge < -0.3 is 0 Å². The van der Waals surface area contributed by atoms with Crippen LogP contribution in [-0.4, -0.2) is 10.9 Å². The van der Waals surface area contributed by atoms with Gasteiger partial charge in [0.2, 0.25) is 0 Å². The fraction of sp³-hybridized carbons (Fsp3) is 0.235. The number of aromatic nitrogens is 1. The zero-order chi connectivity index (χ0) is 16.8. The van der Waals surface area contributed by atoms with Crippen molar-refractivity contribution in [3.8, 4) is 11.3 Å². The fourth-order valence-corrected chi connectivity index (χ4v) is 1.91. The Morgan fingerprint density at radius 2 is 2.11 bits per heavy atom. The van der Waals surface area contributed by atoms with E-state index in [2.05, 4.69) is 4.98 Å². The second kappa shape index (κ2) is 7.75. The van der Waals surface area contributed by atoms with Gasteiger partial charge in [0.05, 0.1) is 11.2 Å². The molecule has 1 aromatic heterocycles. The smallest absolute Gasteiger partial charge is 0.0707 e. The molecular formula is C17H18ClN. The highest BCUT2D eigenvalue weighted by Gasteiger charge is 2.01. The molecule has 0 saturated heterocycles. The fourth-order valence-electron chi connectivity index (χ4n) is 1.72. The maximum absolute atomic E-state index is 8.18. The first-order chi connectivity index (χ1) is 11.1. The topological polar surface area (TPSA) is 12.9 Å². The molecule has 0 spiro atoms. The van der Waals surface area contributed by atoms with Gasteiger partial charge in [-0.25, -0.2) is 0 Å². The van der Waals surface area contributed by atoms with Gasteiger partial charge in [0.25, 0.3) is 0 Å². The molecule has 1 nitrogen and oxygen atoms in total. The van der Waals surface area contributed by atoms with Gasteiger partial charge in [0, 0.05) is 17.6 Å². The van der Waals surface area contributed by atoms with E-state index in [0.29, 0.717) is 22.7 Å². The van der Waals surface area contributed by atoms with Crippen LogP contribution in [0.25, 0.3) is 17.3 Å². The molecule has 0 aliphatic carbocycles. The number of unbranched alkanes of at least 4 members (excludes halogenated alkanes) is 2. The molecule has 0 N–H and O–H groups in total. The van der Waals surface area contributed by atoms with Crippen LogP contribution < -0.4 is 0 Å². The third-order valence-electron chi connectivity index (χ3n) is 2.68. The number of benzene rings is 1. The van der Waals surface area contributed by atoms with Gasteiger partial charge in [-0.15, -0.1) is 11.6 Å². The van der Waals surface area contributed by atoms with E-state index in [4.69, 9.17) is 17.1 Å². The first-order valence-electron chi connectivity index (χ1n) is 8.32. The molecule has 98 valence electrons. The molecule has 1 aromatic carbocycles. The van der Waals surface area contributed by atoms with E-state index in [1.807, 2.05) is 6.08 Å². The van der Waals surface area contributed by atoms with Crippen molar-refractivity contribution in [2.45, 2.75) is 19.3 Å². The summed E-state index contributed by atoms with van der Waals surface area (Å²) in [6, 6.07) is 4.75. The van der Waals surface area contributed by atoms with Gasteiger partial charge in [0.15, 0.2) is 0 Å². The van der Waals surface area contributed by atoms with Crippen molar-refractivity contribution in [3.63, 3.8) is 0 Å². The number of allylic oxidation sites excluding steroid dienone is 1. The molecule has 2 heteroatoms. The predicted molar refractivity (Wildman–Crippen MR) is 83.3 cm³/mol. The first kappa shape index (κ1) is 9.33. The van der Waals surface area contributed by atoms with Gasteiger partial charge in [-0.1, -0.05) is 42.4 Å². The number of nitrogens with zero attached hydrogens (tertiary/aromatic N) is 1. The zero-order valence-electron chi connectivity index (χ0n) is 14.6. The minimum atomic E-state index is -0.241. The predicted octanol–water partition coefficient (Wildman–Crippen LogP) is 5.17. The minimum absolute atomic E-state index is 0.0414. The third-order valence-corrected chi connectivity index (χ3v) is 2.94. The Hall–Kier alpha value is -1.60. The second-order valence-electron chi connectivity index (χ2n) is 4.09. The highest BCUT2D eigenvalue weighted by Crippen LogP contribution is 2.22. The van der Waals surface area contributed by atoms with Crippen molar-refractivity contribution < 1.29 is 5.48 Å². The van der Waals surface area contributed by atoms with Crippen LogP contribution in [0.15, 0.2) is 54.6 Å². The maximum Gasteiger partial charge on any atom is 0.0707 e. The summed E-state index contributed by atoms with van der Waals surface area (Å²) in [5.74, 6) is 0.623. The average Bonchev–Trinajstić information content (AvgIpc) is 2.58. The monoisotopic (exact) mass is 275 g/mol. The van der Waals surface area contributed by atoms with Crippen molar-refractivity contribution in [3.05, 3.63) is 60.2 Å². The van der Waals surface area contributed by atoms with Crippen molar-refractivity contribution in [1.82, 2.24) is 4.98 Å². The number of alkyl halides is 1. The highest BCUT2D eigenvalue weighted by molar-refractivity contribution is 6.17. The molecule has 1 heterocycles. The first-order valence-corrected chi connectivity index (χ1v) is 6.85. The van der Waals surface area contributed by atoms with Gasteiger partial charge in [-0.05, 0) is 37.0 Å². The summed E-state index contributed by atoms with van der Waals surface area (Å²) >= 11 is 5.65. The summed E-state index contributed by atoms with van der Waals surface area (Å²) in [5, 5.41) is 0. The van der Waals surface area contributed by atoms with Crippen LogP contribution in [0.5, 0.6) is 0 Å². The number of rotatable bonds is 6. The van der Waals surface area contributed by atoms with E-state index in [9.17, 15) is 0 Å². The van der Waals surface area contributed by atoms with Crippen molar-refractivity contribution >= 4 is 17.7 Å². The third kappa shape index (κ3) is 4.22. The quantitative estimate of drug-likeness (QED) is 0.523. The van der Waals surface area contributed by atoms with E-state index in [1.54, 1.807) is 30.5 Å². The normalized spacial score (nSPS) is 13.9. The summed E-state index contributed by atoms with van der Waals surface area (Å²) in [5.41, 5.74) is 1.45. The SMILES string of the molecule is [2H]c1c([2H])c([2H])c(-c2ccccn2)c(/C=C/CCCCCl)c1[2H]. The van der Waals surface area contributed by atoms with E-state index in [-0.39, 0.29) is 24.2 Å². The Kier molecular flexibility index (Phi) is 3.81. The van der Waals surface area contributed by atoms with Crippen LogP contribution in [0.3, 0.4) is 0 Å². The molecule has 0 amide bonds. The van der Waals surface area contributed by atoms with Gasteiger partial charge in [-0.2, -0.15) is 0 Å². The summed E-state index contributed by atoms with van der Waals surface area (Å²) in [6.07, 6.45) is 7.99. The molecule has 2 rings (SSSR count). The largest absolute Gasteiger partial charge is 0.256 e. The molecular weight excluding hydrogens is 254 g/mol. The van der Waals surface area contributed by atoms with Crippen LogP contribution in [-0.2, 0) is 0 Å². The maximum atomic E-state index is 8.18. The van der Waals surface area contributed by atoms with Crippen molar-refractivity contribution in [2.24, 2.45) is 0 Å². The lowest BCUT2D eigenvalue weighted by Gasteiger charge is -2.04. The summed E-state index contributed by atoms with van der Waals surface area (Å²) in [6.45, 7) is 0. The molecule has 0 fully saturated rings. The van der Waals surface area contributed by atoms with Gasteiger partial charge in [0.1, 0.15) is 0 Å². The average molecular weight is 276 g/mol. The molecule has 0 radical (unpaired) electrons. The Morgan fingerprint density at radius 3 is 2.89 bits per heavy atom. The van der Waals surface area contributed by atoms with Crippen LogP contribution >= 0.6 is 11.6 Å². The second-order valence-corrected chi connectivity index (χ2v) is 4.47. The molecule has 19 heavy (non-hydrogen) atoms. The molecule has 2 aromatic rings. The lowest BCUT2D eigenvalue weighted by molar-refractivity contribution is 0.822. The van der Waals surface area contributed by atoms with Crippen molar-refractivity contribution in [1.29, 1.82) is 0 Å². The summed E-state index contributed by atoms with van der Waals surface area (Å²) < 4.78 is 32.1. The van der Waals surface area contributed by atoms with Gasteiger partial charge in [-0.3, -0.25) is 4.98 Å². The van der Waals surface area contributed by atoms with Crippen LogP contribution in [0, 0.1) is 0 Å². The lowest BCUT2D eigenvalue weighted by atomic mass is 10.0. The van der Waals surface area contributed by atoms with E-state index < -0.39 is 0 Å². The van der Waals surface area contributed by atoms with Gasteiger partial charge >= 0.3 is 0 Å². The van der Waals surface area contributed by atoms with E-state index >= 15 is 0 Å². The van der Waals surface area contributed by atoms with E-state index in [1.165, 1.54) is 0 Å². The molecule has 0 bridgehead atoms. The Labute approximate surface area is 125 Å². The summed E-state index contributed by atoms with van der Waals surface area (Å²) in [7, 11) is 0. The lowest BCUT2D eigenvalue weighted by Crippen LogP contribution is -1.85. The van der Waals surface area contributed by atoms with Crippen LogP contribution in [0.2, 0.25) is 0 Å². The van der Waals surface area contributed by atoms with Crippen LogP contribution in [0.1, 0.15) is 30.3 Å². The van der Waals surface area contributed by atoms with Crippen molar-refractivity contribution in [2.75, 3.05) is 5.88 Å². The molecule has 0 aliphatic heterocycles. The van der Waals surface area contributed by atoms with Crippen LogP contribution in [0.4, 0.5) is 0 Å². The molecule has 0 saturated carbocycles. The number of hydrogen-bond acceptors (Lipinski definition) is 1. The minimum Gasteiger partial charge on any atom is -0.256 e. The Balaban J connectivity index is 2.51. The number of pyridine rings is 1. The number of hydrogen-bond donors (Lipinski definition) is 0. The van der Waals surface area contributed by atoms with E-state index in [0.717, 1.165) is 19.3 Å².